The Hall–Kier alpha value is -2.19. The molecule has 0 saturated carbocycles. The van der Waals surface area contributed by atoms with E-state index in [1.165, 1.54) is 6.92 Å². The maximum absolute atomic E-state index is 11.0. The number of rotatable bonds is 3. The van der Waals surface area contributed by atoms with Crippen LogP contribution in [0.4, 0.5) is 0 Å². The summed E-state index contributed by atoms with van der Waals surface area (Å²) in [6, 6.07) is 9.41. The zero-order valence-electron chi connectivity index (χ0n) is 9.07. The molecule has 0 fully saturated rings. The molecule has 0 spiro atoms. The van der Waals surface area contributed by atoms with Crippen molar-refractivity contribution in [3.63, 3.8) is 0 Å². The van der Waals surface area contributed by atoms with Crippen LogP contribution in [-0.2, 0) is 16.0 Å². The SMILES string of the molecule is C#CC(C#C)(Cc1ccccc1)OC(C)=O. The first kappa shape index (κ1) is 11.9. The maximum atomic E-state index is 11.0. The zero-order chi connectivity index (χ0) is 12.0. The topological polar surface area (TPSA) is 26.3 Å². The molecular weight excluding hydrogens is 200 g/mol. The van der Waals surface area contributed by atoms with Crippen molar-refractivity contribution in [2.75, 3.05) is 0 Å². The van der Waals surface area contributed by atoms with Gasteiger partial charge < -0.3 is 4.74 Å². The fourth-order valence-corrected chi connectivity index (χ4v) is 1.37. The molecule has 0 amide bonds. The van der Waals surface area contributed by atoms with E-state index in [4.69, 9.17) is 17.6 Å². The first-order valence-electron chi connectivity index (χ1n) is 4.81. The fraction of sp³-hybridized carbons (Fsp3) is 0.214. The van der Waals surface area contributed by atoms with Gasteiger partial charge in [0.2, 0.25) is 5.60 Å². The highest BCUT2D eigenvalue weighted by Gasteiger charge is 2.28. The number of terminal acetylenes is 2. The number of ether oxygens (including phenoxy) is 1. The first-order chi connectivity index (χ1) is 7.62. The molecule has 0 aliphatic rings. The van der Waals surface area contributed by atoms with Crippen LogP contribution < -0.4 is 0 Å². The van der Waals surface area contributed by atoms with Gasteiger partial charge in [-0.05, 0) is 17.4 Å². The van der Waals surface area contributed by atoms with Crippen LogP contribution in [-0.4, -0.2) is 11.6 Å². The van der Waals surface area contributed by atoms with Crippen LogP contribution in [0.15, 0.2) is 30.3 Å². The Bertz CT molecular complexity index is 432. The molecule has 0 aromatic heterocycles. The minimum absolute atomic E-state index is 0.320. The summed E-state index contributed by atoms with van der Waals surface area (Å²) in [6.45, 7) is 1.29. The summed E-state index contributed by atoms with van der Waals surface area (Å²) in [6.07, 6.45) is 11.0. The first-order valence-corrected chi connectivity index (χ1v) is 4.81. The second kappa shape index (κ2) is 5.05. The van der Waals surface area contributed by atoms with E-state index in [2.05, 4.69) is 11.8 Å². The molecule has 0 heterocycles. The molecule has 0 saturated heterocycles. The Morgan fingerprint density at radius 2 is 1.88 bits per heavy atom. The molecule has 0 N–H and O–H groups in total. The molecule has 0 atom stereocenters. The molecule has 0 aliphatic heterocycles. The van der Waals surface area contributed by atoms with Crippen molar-refractivity contribution in [2.24, 2.45) is 0 Å². The van der Waals surface area contributed by atoms with E-state index in [1.54, 1.807) is 0 Å². The van der Waals surface area contributed by atoms with Gasteiger partial charge in [-0.25, -0.2) is 0 Å². The summed E-state index contributed by atoms with van der Waals surface area (Å²) in [5.74, 6) is 4.25. The second-order valence-corrected chi connectivity index (χ2v) is 3.37. The summed E-state index contributed by atoms with van der Waals surface area (Å²) >= 11 is 0. The number of hydrogen-bond donors (Lipinski definition) is 0. The number of hydrogen-bond acceptors (Lipinski definition) is 2. The molecule has 80 valence electrons. The summed E-state index contributed by atoms with van der Waals surface area (Å²) in [5.41, 5.74) is -0.354. The number of benzene rings is 1. The lowest BCUT2D eigenvalue weighted by Gasteiger charge is -2.22. The van der Waals surface area contributed by atoms with Gasteiger partial charge in [0.25, 0.3) is 0 Å². The molecule has 0 bridgehead atoms. The minimum Gasteiger partial charge on any atom is -0.434 e. The highest BCUT2D eigenvalue weighted by molar-refractivity contribution is 5.68. The molecule has 0 aliphatic carbocycles. The molecule has 16 heavy (non-hydrogen) atoms. The van der Waals surface area contributed by atoms with Crippen LogP contribution in [0.1, 0.15) is 12.5 Å². The van der Waals surface area contributed by atoms with Gasteiger partial charge in [0.1, 0.15) is 0 Å². The van der Waals surface area contributed by atoms with Crippen molar-refractivity contribution in [3.8, 4) is 24.7 Å². The Kier molecular flexibility index (Phi) is 3.75. The molecule has 2 nitrogen and oxygen atoms in total. The lowest BCUT2D eigenvalue weighted by Crippen LogP contribution is -2.33. The summed E-state index contributed by atoms with van der Waals surface area (Å²) in [5, 5.41) is 0. The van der Waals surface area contributed by atoms with Crippen LogP contribution in [0.3, 0.4) is 0 Å². The predicted octanol–water partition coefficient (Wildman–Crippen LogP) is 1.80. The van der Waals surface area contributed by atoms with Crippen LogP contribution in [0, 0.1) is 24.7 Å². The van der Waals surface area contributed by atoms with Gasteiger partial charge in [0, 0.05) is 13.3 Å². The Morgan fingerprint density at radius 3 is 2.31 bits per heavy atom. The third-order valence-electron chi connectivity index (χ3n) is 2.08. The average Bonchev–Trinajstić information content (AvgIpc) is 2.29. The predicted molar refractivity (Wildman–Crippen MR) is 62.3 cm³/mol. The lowest BCUT2D eigenvalue weighted by atomic mass is 9.96. The van der Waals surface area contributed by atoms with Crippen molar-refractivity contribution >= 4 is 5.97 Å². The monoisotopic (exact) mass is 212 g/mol. The largest absolute Gasteiger partial charge is 0.434 e. The third kappa shape index (κ3) is 2.90. The lowest BCUT2D eigenvalue weighted by molar-refractivity contribution is -0.147. The molecule has 1 aromatic carbocycles. The summed E-state index contributed by atoms with van der Waals surface area (Å²) in [7, 11) is 0. The second-order valence-electron chi connectivity index (χ2n) is 3.37. The van der Waals surface area contributed by atoms with E-state index >= 15 is 0 Å². The van der Waals surface area contributed by atoms with Crippen molar-refractivity contribution < 1.29 is 9.53 Å². The van der Waals surface area contributed by atoms with Gasteiger partial charge >= 0.3 is 5.97 Å². The van der Waals surface area contributed by atoms with Gasteiger partial charge in [-0.2, -0.15) is 0 Å². The number of carbonyl (C=O) groups is 1. The van der Waals surface area contributed by atoms with Gasteiger partial charge in [0.15, 0.2) is 0 Å². The van der Waals surface area contributed by atoms with Crippen molar-refractivity contribution in [2.45, 2.75) is 18.9 Å². The summed E-state index contributed by atoms with van der Waals surface area (Å²) in [4.78, 5) is 11.0. The molecule has 0 unspecified atom stereocenters. The Balaban J connectivity index is 2.94. The van der Waals surface area contributed by atoms with Crippen molar-refractivity contribution in [1.29, 1.82) is 0 Å². The van der Waals surface area contributed by atoms with Gasteiger partial charge in [-0.15, -0.1) is 12.8 Å². The van der Waals surface area contributed by atoms with Crippen molar-refractivity contribution in [1.82, 2.24) is 0 Å². The van der Waals surface area contributed by atoms with Crippen molar-refractivity contribution in [3.05, 3.63) is 35.9 Å². The van der Waals surface area contributed by atoms with E-state index in [9.17, 15) is 4.79 Å². The van der Waals surface area contributed by atoms with Gasteiger partial charge in [-0.3, -0.25) is 4.79 Å². The summed E-state index contributed by atoms with van der Waals surface area (Å²) < 4.78 is 5.03. The van der Waals surface area contributed by atoms with Gasteiger partial charge in [0.05, 0.1) is 0 Å². The maximum Gasteiger partial charge on any atom is 0.304 e. The standard InChI is InChI=1S/C14H12O2/c1-4-14(5-2,16-12(3)15)11-13-9-7-6-8-10-13/h1-2,6-10H,11H2,3H3. The smallest absolute Gasteiger partial charge is 0.304 e. The third-order valence-corrected chi connectivity index (χ3v) is 2.08. The fourth-order valence-electron chi connectivity index (χ4n) is 1.37. The van der Waals surface area contributed by atoms with Crippen LogP contribution >= 0.6 is 0 Å². The van der Waals surface area contributed by atoms with Crippen LogP contribution in [0.2, 0.25) is 0 Å². The number of carbonyl (C=O) groups excluding carboxylic acids is 1. The molecule has 1 aromatic rings. The average molecular weight is 212 g/mol. The molecule has 0 radical (unpaired) electrons. The van der Waals surface area contributed by atoms with E-state index in [-0.39, 0.29) is 0 Å². The van der Waals surface area contributed by atoms with Gasteiger partial charge in [-0.1, -0.05) is 30.3 Å². The molecular formula is C14H12O2. The Labute approximate surface area is 95.6 Å². The minimum atomic E-state index is -1.28. The normalized spacial score (nSPS) is 9.94. The zero-order valence-corrected chi connectivity index (χ0v) is 9.07. The van der Waals surface area contributed by atoms with E-state index < -0.39 is 11.6 Å². The number of esters is 1. The van der Waals surface area contributed by atoms with E-state index in [0.717, 1.165) is 5.56 Å². The van der Waals surface area contributed by atoms with E-state index in [0.29, 0.717) is 6.42 Å². The quantitative estimate of drug-likeness (QED) is 0.564. The van der Waals surface area contributed by atoms with Crippen LogP contribution in [0.25, 0.3) is 0 Å². The highest BCUT2D eigenvalue weighted by atomic mass is 16.6. The van der Waals surface area contributed by atoms with Crippen LogP contribution in [0.5, 0.6) is 0 Å². The molecule has 1 rings (SSSR count). The Morgan fingerprint density at radius 1 is 1.31 bits per heavy atom. The molecule has 2 heteroatoms. The van der Waals surface area contributed by atoms with E-state index in [1.807, 2.05) is 30.3 Å². The highest BCUT2D eigenvalue weighted by Crippen LogP contribution is 2.17.